The fourth-order valence-electron chi connectivity index (χ4n) is 3.01. The van der Waals surface area contributed by atoms with Crippen molar-refractivity contribution in [2.24, 2.45) is 0 Å². The van der Waals surface area contributed by atoms with E-state index < -0.39 is 0 Å². The maximum Gasteiger partial charge on any atom is 0.274 e. The smallest absolute Gasteiger partial charge is 0.274 e. The lowest BCUT2D eigenvalue weighted by Crippen LogP contribution is -2.17. The maximum atomic E-state index is 12.6. The summed E-state index contributed by atoms with van der Waals surface area (Å²) in [6, 6.07) is 15.7. The van der Waals surface area contributed by atoms with Gasteiger partial charge < -0.3 is 20.1 Å². The van der Waals surface area contributed by atoms with E-state index in [4.69, 9.17) is 9.47 Å². The topological polar surface area (TPSA) is 89.6 Å². The molecule has 1 aromatic heterocycles. The van der Waals surface area contributed by atoms with E-state index in [9.17, 15) is 9.59 Å². The number of fused-ring (bicyclic) bond motifs is 1. The lowest BCUT2D eigenvalue weighted by Gasteiger charge is -2.10. The van der Waals surface area contributed by atoms with Gasteiger partial charge in [0.05, 0.1) is 0 Å². The van der Waals surface area contributed by atoms with E-state index in [2.05, 4.69) is 15.6 Å². The highest BCUT2D eigenvalue weighted by Crippen LogP contribution is 2.34. The molecule has 1 aliphatic heterocycles. The van der Waals surface area contributed by atoms with Crippen molar-refractivity contribution >= 4 is 23.2 Å². The number of nitrogens with one attached hydrogen (secondary N) is 2. The third-order valence-corrected chi connectivity index (χ3v) is 4.53. The average molecular weight is 389 g/mol. The molecule has 0 radical (unpaired) electrons. The van der Waals surface area contributed by atoms with E-state index in [0.29, 0.717) is 22.7 Å². The number of hydrogen-bond donors (Lipinski definition) is 2. The van der Waals surface area contributed by atoms with Gasteiger partial charge >= 0.3 is 0 Å². The Bertz CT molecular complexity index is 1080. The zero-order chi connectivity index (χ0) is 20.2. The number of pyridine rings is 1. The van der Waals surface area contributed by atoms with Crippen molar-refractivity contribution in [1.82, 2.24) is 4.98 Å². The molecule has 2 heterocycles. The zero-order valence-electron chi connectivity index (χ0n) is 15.8. The number of carbonyl (C=O) groups excluding carboxylic acids is 2. The van der Waals surface area contributed by atoms with E-state index >= 15 is 0 Å². The number of nitrogens with zero attached hydrogens (tertiary/aromatic N) is 1. The SMILES string of the molecule is CCc1ccccc1NC(=O)c1cc(C(=O)Nc2ccc3c(c2)OCO3)ccn1. The van der Waals surface area contributed by atoms with E-state index in [0.717, 1.165) is 17.7 Å². The van der Waals surface area contributed by atoms with Crippen molar-refractivity contribution in [3.8, 4) is 11.5 Å². The van der Waals surface area contributed by atoms with Crippen molar-refractivity contribution < 1.29 is 19.1 Å². The molecule has 4 rings (SSSR count). The molecule has 7 heteroatoms. The fraction of sp³-hybridized carbons (Fsp3) is 0.136. The number of ether oxygens (including phenoxy) is 2. The van der Waals surface area contributed by atoms with Gasteiger partial charge in [0.2, 0.25) is 6.79 Å². The second-order valence-corrected chi connectivity index (χ2v) is 6.42. The first kappa shape index (κ1) is 18.5. The van der Waals surface area contributed by atoms with E-state index in [1.807, 2.05) is 31.2 Å². The Morgan fingerprint density at radius 1 is 0.966 bits per heavy atom. The number of benzene rings is 2. The fourth-order valence-corrected chi connectivity index (χ4v) is 3.01. The maximum absolute atomic E-state index is 12.6. The molecule has 0 aliphatic carbocycles. The van der Waals surface area contributed by atoms with Gasteiger partial charge in [-0.25, -0.2) is 0 Å². The number of amides is 2. The standard InChI is InChI=1S/C22H19N3O4/c1-2-14-5-3-4-6-17(14)25-22(27)18-11-15(9-10-23-18)21(26)24-16-7-8-19-20(12-16)29-13-28-19/h3-12H,2,13H2,1H3,(H,24,26)(H,25,27). The zero-order valence-corrected chi connectivity index (χ0v) is 15.8. The molecular weight excluding hydrogens is 370 g/mol. The molecule has 0 fully saturated rings. The molecule has 3 aromatic rings. The number of aryl methyl sites for hydroxylation is 1. The van der Waals surface area contributed by atoms with Crippen molar-refractivity contribution in [3.63, 3.8) is 0 Å². The van der Waals surface area contributed by atoms with Gasteiger partial charge in [0.1, 0.15) is 5.69 Å². The average Bonchev–Trinajstić information content (AvgIpc) is 3.22. The van der Waals surface area contributed by atoms with E-state index in [1.165, 1.54) is 12.3 Å². The Morgan fingerprint density at radius 2 is 1.79 bits per heavy atom. The second-order valence-electron chi connectivity index (χ2n) is 6.42. The van der Waals surface area contributed by atoms with Crippen molar-refractivity contribution in [3.05, 3.63) is 77.6 Å². The summed E-state index contributed by atoms with van der Waals surface area (Å²) in [5, 5.41) is 5.65. The summed E-state index contributed by atoms with van der Waals surface area (Å²) in [5.74, 6) is 0.489. The first-order valence-corrected chi connectivity index (χ1v) is 9.20. The Labute approximate surface area is 167 Å². The van der Waals surface area contributed by atoms with Gasteiger partial charge in [0.25, 0.3) is 11.8 Å². The largest absolute Gasteiger partial charge is 0.454 e. The molecule has 146 valence electrons. The lowest BCUT2D eigenvalue weighted by molar-refractivity contribution is 0.102. The minimum absolute atomic E-state index is 0.161. The van der Waals surface area contributed by atoms with Crippen LogP contribution in [0.5, 0.6) is 11.5 Å². The van der Waals surface area contributed by atoms with E-state index in [1.54, 1.807) is 24.3 Å². The first-order valence-electron chi connectivity index (χ1n) is 9.20. The molecule has 0 atom stereocenters. The van der Waals surface area contributed by atoms with Gasteiger partial charge in [-0.15, -0.1) is 0 Å². The predicted octanol–water partition coefficient (Wildman–Crippen LogP) is 3.88. The van der Waals surface area contributed by atoms with Crippen LogP contribution in [0.1, 0.15) is 33.3 Å². The Morgan fingerprint density at radius 3 is 2.66 bits per heavy atom. The minimum Gasteiger partial charge on any atom is -0.454 e. The van der Waals surface area contributed by atoms with Crippen LogP contribution in [0.15, 0.2) is 60.8 Å². The van der Waals surface area contributed by atoms with Gasteiger partial charge in [0, 0.05) is 29.2 Å². The van der Waals surface area contributed by atoms with Crippen LogP contribution in [-0.2, 0) is 6.42 Å². The summed E-state index contributed by atoms with van der Waals surface area (Å²) in [5.41, 5.74) is 2.81. The van der Waals surface area contributed by atoms with Gasteiger partial charge in [-0.1, -0.05) is 25.1 Å². The Hall–Kier alpha value is -3.87. The number of para-hydroxylation sites is 1. The number of rotatable bonds is 5. The summed E-state index contributed by atoms with van der Waals surface area (Å²) >= 11 is 0. The molecule has 2 amide bonds. The Kier molecular flexibility index (Phi) is 5.11. The molecule has 2 aromatic carbocycles. The summed E-state index contributed by atoms with van der Waals surface area (Å²) in [7, 11) is 0. The number of carbonyl (C=O) groups is 2. The minimum atomic E-state index is -0.372. The van der Waals surface area contributed by atoms with Crippen LogP contribution in [-0.4, -0.2) is 23.6 Å². The normalized spacial score (nSPS) is 11.8. The van der Waals surface area contributed by atoms with Gasteiger partial charge in [-0.05, 0) is 42.3 Å². The number of hydrogen-bond acceptors (Lipinski definition) is 5. The molecule has 0 spiro atoms. The Balaban J connectivity index is 1.49. The second kappa shape index (κ2) is 8.02. The molecular formula is C22H19N3O4. The molecule has 0 bridgehead atoms. The van der Waals surface area contributed by atoms with Crippen LogP contribution in [0.25, 0.3) is 0 Å². The molecule has 7 nitrogen and oxygen atoms in total. The molecule has 0 unspecified atom stereocenters. The third kappa shape index (κ3) is 4.03. The molecule has 0 saturated carbocycles. The third-order valence-electron chi connectivity index (χ3n) is 4.53. The highest BCUT2D eigenvalue weighted by Gasteiger charge is 2.16. The summed E-state index contributed by atoms with van der Waals surface area (Å²) in [4.78, 5) is 29.3. The van der Waals surface area contributed by atoms with Gasteiger partial charge in [0.15, 0.2) is 11.5 Å². The van der Waals surface area contributed by atoms with Crippen LogP contribution in [0.2, 0.25) is 0 Å². The summed E-state index contributed by atoms with van der Waals surface area (Å²) < 4.78 is 10.6. The predicted molar refractivity (Wildman–Crippen MR) is 109 cm³/mol. The number of aromatic nitrogens is 1. The van der Waals surface area contributed by atoms with Crippen molar-refractivity contribution in [2.45, 2.75) is 13.3 Å². The van der Waals surface area contributed by atoms with Gasteiger partial charge in [-0.2, -0.15) is 0 Å². The molecule has 2 N–H and O–H groups in total. The highest BCUT2D eigenvalue weighted by atomic mass is 16.7. The number of anilines is 2. The quantitative estimate of drug-likeness (QED) is 0.691. The van der Waals surface area contributed by atoms with Crippen LogP contribution >= 0.6 is 0 Å². The molecule has 0 saturated heterocycles. The van der Waals surface area contributed by atoms with Gasteiger partial charge in [-0.3, -0.25) is 14.6 Å². The molecule has 1 aliphatic rings. The van der Waals surface area contributed by atoms with E-state index in [-0.39, 0.29) is 24.3 Å². The lowest BCUT2D eigenvalue weighted by atomic mass is 10.1. The first-order chi connectivity index (χ1) is 14.1. The summed E-state index contributed by atoms with van der Waals surface area (Å²) in [6.07, 6.45) is 2.23. The van der Waals surface area contributed by atoms with Crippen LogP contribution in [0, 0.1) is 0 Å². The highest BCUT2D eigenvalue weighted by molar-refractivity contribution is 6.08. The van der Waals surface area contributed by atoms with Crippen LogP contribution in [0.4, 0.5) is 11.4 Å². The molecule has 29 heavy (non-hydrogen) atoms. The monoisotopic (exact) mass is 389 g/mol. The van der Waals surface area contributed by atoms with Crippen LogP contribution < -0.4 is 20.1 Å². The summed E-state index contributed by atoms with van der Waals surface area (Å²) in [6.45, 7) is 2.18. The van der Waals surface area contributed by atoms with Crippen molar-refractivity contribution in [2.75, 3.05) is 17.4 Å². The van der Waals surface area contributed by atoms with Crippen LogP contribution in [0.3, 0.4) is 0 Å². The van der Waals surface area contributed by atoms with Crippen molar-refractivity contribution in [1.29, 1.82) is 0 Å².